The fraction of sp³-hybridized carbons (Fsp3) is 0.167. The first-order valence-corrected chi connectivity index (χ1v) is 9.20. The molecule has 1 N–H and O–H groups in total. The monoisotopic (exact) mass is 353 g/mol. The lowest BCUT2D eigenvalue weighted by Crippen LogP contribution is -2.10. The molecule has 0 amide bonds. The van der Waals surface area contributed by atoms with Gasteiger partial charge < -0.3 is 5.32 Å². The van der Waals surface area contributed by atoms with Crippen molar-refractivity contribution >= 4 is 22.4 Å². The maximum atomic E-state index is 4.82. The average molecular weight is 353 g/mol. The van der Waals surface area contributed by atoms with Crippen LogP contribution in [0, 0.1) is 0 Å². The Labute approximate surface area is 160 Å². The van der Waals surface area contributed by atoms with Crippen molar-refractivity contribution in [2.24, 2.45) is 0 Å². The first kappa shape index (κ1) is 17.2. The van der Waals surface area contributed by atoms with Gasteiger partial charge in [-0.05, 0) is 35.2 Å². The minimum Gasteiger partial charge on any atom is -0.340 e. The molecule has 0 atom stereocenters. The highest BCUT2D eigenvalue weighted by Gasteiger charge is 2.14. The van der Waals surface area contributed by atoms with Crippen molar-refractivity contribution < 1.29 is 0 Å². The highest BCUT2D eigenvalue weighted by Crippen LogP contribution is 2.29. The summed E-state index contributed by atoms with van der Waals surface area (Å²) in [5, 5.41) is 4.50. The molecule has 0 radical (unpaired) electrons. The van der Waals surface area contributed by atoms with Crippen molar-refractivity contribution in [1.82, 2.24) is 9.97 Å². The van der Waals surface area contributed by atoms with Gasteiger partial charge in [-0.1, -0.05) is 75.4 Å². The Kier molecular flexibility index (Phi) is 4.36. The summed E-state index contributed by atoms with van der Waals surface area (Å²) < 4.78 is 0. The Balaban J connectivity index is 1.76. The molecular formula is C24H23N3. The van der Waals surface area contributed by atoms with E-state index in [0.29, 0.717) is 0 Å². The predicted molar refractivity (Wildman–Crippen MR) is 113 cm³/mol. The molecule has 0 saturated heterocycles. The number of nitrogens with one attached hydrogen (secondary N) is 1. The number of anilines is 2. The van der Waals surface area contributed by atoms with E-state index in [1.165, 1.54) is 5.56 Å². The smallest absolute Gasteiger partial charge is 0.162 e. The van der Waals surface area contributed by atoms with Crippen LogP contribution in [0.5, 0.6) is 0 Å². The number of benzene rings is 3. The van der Waals surface area contributed by atoms with Crippen molar-refractivity contribution in [3.05, 3.63) is 84.4 Å². The summed E-state index contributed by atoms with van der Waals surface area (Å²) in [6.45, 7) is 6.67. The molecule has 0 aliphatic carbocycles. The Hall–Kier alpha value is -3.20. The summed E-state index contributed by atoms with van der Waals surface area (Å²) >= 11 is 0. The topological polar surface area (TPSA) is 37.8 Å². The van der Waals surface area contributed by atoms with E-state index in [-0.39, 0.29) is 5.41 Å². The van der Waals surface area contributed by atoms with Gasteiger partial charge in [0.05, 0.1) is 5.52 Å². The highest BCUT2D eigenvalue weighted by molar-refractivity contribution is 5.92. The quantitative estimate of drug-likeness (QED) is 0.467. The molecule has 0 aliphatic heterocycles. The number of hydrogen-bond donors (Lipinski definition) is 1. The standard InChI is InChI=1S/C24H23N3/c1-24(2,3)18-13-15-19(16-14-18)25-23-20-11-7-8-12-21(20)26-22(27-23)17-9-5-4-6-10-17/h4-16H,1-3H3,(H,25,26,27). The molecule has 0 bridgehead atoms. The van der Waals surface area contributed by atoms with E-state index in [9.17, 15) is 0 Å². The predicted octanol–water partition coefficient (Wildman–Crippen LogP) is 6.34. The number of aromatic nitrogens is 2. The molecule has 1 aromatic heterocycles. The third-order valence-electron chi connectivity index (χ3n) is 4.65. The van der Waals surface area contributed by atoms with Gasteiger partial charge in [-0.3, -0.25) is 0 Å². The second-order valence-electron chi connectivity index (χ2n) is 7.73. The van der Waals surface area contributed by atoms with Crippen molar-refractivity contribution in [3.8, 4) is 11.4 Å². The van der Waals surface area contributed by atoms with Crippen LogP contribution in [0.2, 0.25) is 0 Å². The fourth-order valence-electron chi connectivity index (χ4n) is 3.08. The van der Waals surface area contributed by atoms with Gasteiger partial charge in [0.15, 0.2) is 5.82 Å². The lowest BCUT2D eigenvalue weighted by atomic mass is 9.87. The SMILES string of the molecule is CC(C)(C)c1ccc(Nc2nc(-c3ccccc3)nc3ccccc23)cc1. The molecule has 4 aromatic rings. The van der Waals surface area contributed by atoms with E-state index in [0.717, 1.165) is 33.8 Å². The van der Waals surface area contributed by atoms with E-state index < -0.39 is 0 Å². The summed E-state index contributed by atoms with van der Waals surface area (Å²) in [4.78, 5) is 9.56. The molecule has 134 valence electrons. The minimum atomic E-state index is 0.140. The molecule has 0 fully saturated rings. The van der Waals surface area contributed by atoms with E-state index in [4.69, 9.17) is 9.97 Å². The Morgan fingerprint density at radius 3 is 2.07 bits per heavy atom. The number of hydrogen-bond acceptors (Lipinski definition) is 3. The summed E-state index contributed by atoms with van der Waals surface area (Å²) in [6, 6.07) is 26.7. The molecule has 4 rings (SSSR count). The van der Waals surface area contributed by atoms with Crippen molar-refractivity contribution in [2.75, 3.05) is 5.32 Å². The van der Waals surface area contributed by atoms with Gasteiger partial charge in [-0.25, -0.2) is 9.97 Å². The lowest BCUT2D eigenvalue weighted by Gasteiger charge is -2.19. The van der Waals surface area contributed by atoms with Gasteiger partial charge in [0, 0.05) is 16.6 Å². The summed E-state index contributed by atoms with van der Waals surface area (Å²) in [7, 11) is 0. The van der Waals surface area contributed by atoms with Gasteiger partial charge in [0.25, 0.3) is 0 Å². The van der Waals surface area contributed by atoms with Crippen molar-refractivity contribution in [2.45, 2.75) is 26.2 Å². The third-order valence-corrected chi connectivity index (χ3v) is 4.65. The lowest BCUT2D eigenvalue weighted by molar-refractivity contribution is 0.590. The number of fused-ring (bicyclic) bond motifs is 1. The summed E-state index contributed by atoms with van der Waals surface area (Å²) in [5.74, 6) is 1.55. The molecule has 1 heterocycles. The van der Waals surface area contributed by atoms with Crippen molar-refractivity contribution in [1.29, 1.82) is 0 Å². The Bertz CT molecular complexity index is 1060. The van der Waals surface area contributed by atoms with Gasteiger partial charge in [0.2, 0.25) is 0 Å². The van der Waals surface area contributed by atoms with E-state index in [1.54, 1.807) is 0 Å². The van der Waals surface area contributed by atoms with Crippen LogP contribution in [0.25, 0.3) is 22.3 Å². The van der Waals surface area contributed by atoms with Crippen LogP contribution in [-0.4, -0.2) is 9.97 Å². The molecule has 3 nitrogen and oxygen atoms in total. The van der Waals surface area contributed by atoms with E-state index >= 15 is 0 Å². The average Bonchev–Trinajstić information content (AvgIpc) is 2.68. The van der Waals surface area contributed by atoms with Crippen LogP contribution in [0.3, 0.4) is 0 Å². The second kappa shape index (κ2) is 6.84. The van der Waals surface area contributed by atoms with Gasteiger partial charge in [0.1, 0.15) is 5.82 Å². The summed E-state index contributed by atoms with van der Waals surface area (Å²) in [5.41, 5.74) is 4.41. The van der Waals surface area contributed by atoms with Gasteiger partial charge in [-0.15, -0.1) is 0 Å². The van der Waals surface area contributed by atoms with Crippen LogP contribution in [-0.2, 0) is 5.41 Å². The summed E-state index contributed by atoms with van der Waals surface area (Å²) in [6.07, 6.45) is 0. The molecule has 0 spiro atoms. The van der Waals surface area contributed by atoms with Gasteiger partial charge >= 0.3 is 0 Å². The zero-order valence-corrected chi connectivity index (χ0v) is 15.9. The maximum Gasteiger partial charge on any atom is 0.162 e. The first-order valence-electron chi connectivity index (χ1n) is 9.20. The molecule has 0 unspecified atom stereocenters. The molecular weight excluding hydrogens is 330 g/mol. The Morgan fingerprint density at radius 1 is 0.704 bits per heavy atom. The molecule has 0 aliphatic rings. The van der Waals surface area contributed by atoms with Crippen LogP contribution in [0.15, 0.2) is 78.9 Å². The Morgan fingerprint density at radius 2 is 1.37 bits per heavy atom. The number of para-hydroxylation sites is 1. The zero-order chi connectivity index (χ0) is 18.9. The number of rotatable bonds is 3. The second-order valence-corrected chi connectivity index (χ2v) is 7.73. The van der Waals surface area contributed by atoms with Crippen molar-refractivity contribution in [3.63, 3.8) is 0 Å². The largest absolute Gasteiger partial charge is 0.340 e. The van der Waals surface area contributed by atoms with Crippen LogP contribution in [0.1, 0.15) is 26.3 Å². The maximum absolute atomic E-state index is 4.82. The zero-order valence-electron chi connectivity index (χ0n) is 15.9. The van der Waals surface area contributed by atoms with E-state index in [2.05, 4.69) is 56.4 Å². The first-order chi connectivity index (χ1) is 13.0. The van der Waals surface area contributed by atoms with E-state index in [1.807, 2.05) is 48.5 Å². The molecule has 27 heavy (non-hydrogen) atoms. The fourth-order valence-corrected chi connectivity index (χ4v) is 3.08. The van der Waals surface area contributed by atoms with Crippen LogP contribution >= 0.6 is 0 Å². The third kappa shape index (κ3) is 3.68. The molecule has 3 aromatic carbocycles. The minimum absolute atomic E-state index is 0.140. The molecule has 0 saturated carbocycles. The normalized spacial score (nSPS) is 11.5. The highest BCUT2D eigenvalue weighted by atomic mass is 15.0. The van der Waals surface area contributed by atoms with Gasteiger partial charge in [-0.2, -0.15) is 0 Å². The molecule has 3 heteroatoms. The van der Waals surface area contributed by atoms with Crippen LogP contribution < -0.4 is 5.32 Å². The van der Waals surface area contributed by atoms with Crippen LogP contribution in [0.4, 0.5) is 11.5 Å². The number of nitrogens with zero attached hydrogens (tertiary/aromatic N) is 2.